The number of imide groups is 1. The van der Waals surface area contributed by atoms with E-state index in [1.54, 1.807) is 12.2 Å². The van der Waals surface area contributed by atoms with Crippen LogP contribution in [-0.2, 0) is 21.9 Å². The van der Waals surface area contributed by atoms with E-state index in [4.69, 9.17) is 0 Å². The lowest BCUT2D eigenvalue weighted by Gasteiger charge is -2.13. The molecule has 0 atom stereocenters. The molecular formula is C14H12F6N2O4. The third-order valence-corrected chi connectivity index (χ3v) is 2.75. The maximum atomic E-state index is 12.7. The summed E-state index contributed by atoms with van der Waals surface area (Å²) in [5, 5.41) is 3.92. The molecule has 0 bridgehead atoms. The Bertz CT molecular complexity index is 667. The van der Waals surface area contributed by atoms with Crippen molar-refractivity contribution in [3.8, 4) is 0 Å². The number of ether oxygens (including phenoxy) is 1. The first-order valence-corrected chi connectivity index (χ1v) is 6.89. The smallest absolute Gasteiger partial charge is 0.416 e. The van der Waals surface area contributed by atoms with Crippen LogP contribution >= 0.6 is 0 Å². The molecule has 0 aliphatic heterocycles. The zero-order valence-electron chi connectivity index (χ0n) is 13.0. The Labute approximate surface area is 142 Å². The van der Waals surface area contributed by atoms with E-state index in [1.807, 2.05) is 0 Å². The van der Waals surface area contributed by atoms with E-state index in [2.05, 4.69) is 10.1 Å². The lowest BCUT2D eigenvalue weighted by Crippen LogP contribution is -2.41. The summed E-state index contributed by atoms with van der Waals surface area (Å²) in [7, 11) is 0. The minimum atomic E-state index is -5.13. The zero-order valence-corrected chi connectivity index (χ0v) is 13.0. The van der Waals surface area contributed by atoms with Crippen molar-refractivity contribution in [3.05, 3.63) is 34.9 Å². The number of esters is 1. The molecule has 2 N–H and O–H groups in total. The summed E-state index contributed by atoms with van der Waals surface area (Å²) in [5.41, 5.74) is -4.45. The summed E-state index contributed by atoms with van der Waals surface area (Å²) in [6.07, 6.45) is -10.3. The van der Waals surface area contributed by atoms with Gasteiger partial charge < -0.3 is 10.1 Å². The molecule has 6 nitrogen and oxygen atoms in total. The van der Waals surface area contributed by atoms with Crippen molar-refractivity contribution in [3.63, 3.8) is 0 Å². The van der Waals surface area contributed by atoms with E-state index < -0.39 is 53.6 Å². The van der Waals surface area contributed by atoms with Crippen LogP contribution in [0, 0.1) is 0 Å². The van der Waals surface area contributed by atoms with Crippen LogP contribution in [0.1, 0.15) is 28.4 Å². The average molecular weight is 386 g/mol. The molecule has 3 amide bonds. The minimum absolute atomic E-state index is 0.154. The summed E-state index contributed by atoms with van der Waals surface area (Å²) in [4.78, 5) is 34.0. The molecule has 0 saturated heterocycles. The Hall–Kier alpha value is -2.79. The average Bonchev–Trinajstić information content (AvgIpc) is 2.50. The first-order chi connectivity index (χ1) is 11.8. The molecule has 0 spiro atoms. The van der Waals surface area contributed by atoms with E-state index >= 15 is 0 Å². The summed E-state index contributed by atoms with van der Waals surface area (Å²) < 4.78 is 80.5. The quantitative estimate of drug-likeness (QED) is 0.616. The van der Waals surface area contributed by atoms with Crippen molar-refractivity contribution in [1.29, 1.82) is 0 Å². The molecular weight excluding hydrogens is 374 g/mol. The number of carbonyl (C=O) groups excluding carboxylic acids is 3. The Balaban J connectivity index is 2.94. The highest BCUT2D eigenvalue weighted by atomic mass is 19.4. The van der Waals surface area contributed by atoms with Gasteiger partial charge in [0.1, 0.15) is 0 Å². The molecule has 0 unspecified atom stereocenters. The van der Waals surface area contributed by atoms with Gasteiger partial charge in [-0.2, -0.15) is 26.3 Å². The number of benzene rings is 1. The molecule has 1 aromatic rings. The molecule has 144 valence electrons. The van der Waals surface area contributed by atoms with Gasteiger partial charge in [0.15, 0.2) is 6.61 Å². The molecule has 26 heavy (non-hydrogen) atoms. The Kier molecular flexibility index (Phi) is 6.59. The predicted octanol–water partition coefficient (Wildman–Crippen LogP) is 2.73. The number of hydrogen-bond acceptors (Lipinski definition) is 4. The highest BCUT2D eigenvalue weighted by Crippen LogP contribution is 2.36. The SMILES string of the molecule is CCNC(=O)NC(=O)COC(=O)c1cc(C(F)(F)F)cc(C(F)(F)F)c1. The number of amides is 3. The van der Waals surface area contributed by atoms with Crippen LogP contribution in [-0.4, -0.2) is 31.1 Å². The molecule has 0 heterocycles. The van der Waals surface area contributed by atoms with Crippen LogP contribution in [0.5, 0.6) is 0 Å². The van der Waals surface area contributed by atoms with Crippen molar-refractivity contribution in [2.75, 3.05) is 13.2 Å². The molecule has 0 radical (unpaired) electrons. The molecule has 1 aromatic carbocycles. The summed E-state index contributed by atoms with van der Waals surface area (Å²) >= 11 is 0. The second-order valence-electron chi connectivity index (χ2n) is 4.78. The number of urea groups is 1. The summed E-state index contributed by atoms with van der Waals surface area (Å²) in [6.45, 7) is 0.660. The largest absolute Gasteiger partial charge is 0.452 e. The van der Waals surface area contributed by atoms with E-state index in [0.717, 1.165) is 0 Å². The molecule has 1 rings (SSSR count). The van der Waals surface area contributed by atoms with Crippen LogP contribution < -0.4 is 10.6 Å². The van der Waals surface area contributed by atoms with Gasteiger partial charge >= 0.3 is 24.4 Å². The van der Waals surface area contributed by atoms with E-state index in [9.17, 15) is 40.7 Å². The van der Waals surface area contributed by atoms with Gasteiger partial charge in [-0.15, -0.1) is 0 Å². The van der Waals surface area contributed by atoms with Gasteiger partial charge in [-0.1, -0.05) is 0 Å². The zero-order chi connectivity index (χ0) is 20.1. The maximum Gasteiger partial charge on any atom is 0.416 e. The maximum absolute atomic E-state index is 12.7. The number of alkyl halides is 6. The number of nitrogens with one attached hydrogen (secondary N) is 2. The fraction of sp³-hybridized carbons (Fsp3) is 0.357. The molecule has 0 aromatic heterocycles. The van der Waals surface area contributed by atoms with Gasteiger partial charge in [-0.25, -0.2) is 9.59 Å². The predicted molar refractivity (Wildman–Crippen MR) is 73.9 cm³/mol. The highest BCUT2D eigenvalue weighted by molar-refractivity contribution is 5.97. The number of rotatable bonds is 4. The highest BCUT2D eigenvalue weighted by Gasteiger charge is 2.37. The first kappa shape index (κ1) is 21.3. The van der Waals surface area contributed by atoms with E-state index in [0.29, 0.717) is 0 Å². The number of hydrogen-bond donors (Lipinski definition) is 2. The van der Waals surface area contributed by atoms with Crippen LogP contribution in [0.2, 0.25) is 0 Å². The van der Waals surface area contributed by atoms with Gasteiger partial charge in [-0.05, 0) is 25.1 Å². The summed E-state index contributed by atoms with van der Waals surface area (Å²) in [5.74, 6) is -2.71. The number of carbonyl (C=O) groups is 3. The Morgan fingerprint density at radius 2 is 1.46 bits per heavy atom. The molecule has 0 aliphatic rings. The summed E-state index contributed by atoms with van der Waals surface area (Å²) in [6, 6.07) is -0.733. The van der Waals surface area contributed by atoms with Crippen LogP contribution in [0.4, 0.5) is 31.1 Å². The van der Waals surface area contributed by atoms with Gasteiger partial charge in [0.25, 0.3) is 5.91 Å². The fourth-order valence-electron chi connectivity index (χ4n) is 1.65. The number of halogens is 6. The minimum Gasteiger partial charge on any atom is -0.452 e. The molecule has 0 saturated carbocycles. The first-order valence-electron chi connectivity index (χ1n) is 6.89. The van der Waals surface area contributed by atoms with Crippen molar-refractivity contribution < 1.29 is 45.5 Å². The second-order valence-corrected chi connectivity index (χ2v) is 4.78. The standard InChI is InChI=1S/C14H12F6N2O4/c1-2-21-12(25)22-10(23)6-26-11(24)7-3-8(13(15,16)17)5-9(4-7)14(18,19)20/h3-5H,2,6H2,1H3,(H2,21,22,23,25). The second kappa shape index (κ2) is 8.06. The van der Waals surface area contributed by atoms with Gasteiger partial charge in [0, 0.05) is 6.54 Å². The molecule has 0 fully saturated rings. The third kappa shape index (κ3) is 6.26. The fourth-order valence-corrected chi connectivity index (χ4v) is 1.65. The van der Waals surface area contributed by atoms with Crippen LogP contribution in [0.3, 0.4) is 0 Å². The monoisotopic (exact) mass is 386 g/mol. The van der Waals surface area contributed by atoms with E-state index in [1.165, 1.54) is 0 Å². The van der Waals surface area contributed by atoms with E-state index in [-0.39, 0.29) is 24.7 Å². The van der Waals surface area contributed by atoms with Gasteiger partial charge in [0.05, 0.1) is 16.7 Å². The lowest BCUT2D eigenvalue weighted by atomic mass is 10.0. The van der Waals surface area contributed by atoms with Crippen LogP contribution in [0.15, 0.2) is 18.2 Å². The molecule has 12 heteroatoms. The van der Waals surface area contributed by atoms with Crippen molar-refractivity contribution in [2.45, 2.75) is 19.3 Å². The third-order valence-electron chi connectivity index (χ3n) is 2.75. The lowest BCUT2D eigenvalue weighted by molar-refractivity contribution is -0.143. The van der Waals surface area contributed by atoms with Crippen LogP contribution in [0.25, 0.3) is 0 Å². The topological polar surface area (TPSA) is 84.5 Å². The molecule has 0 aliphatic carbocycles. The normalized spacial score (nSPS) is 11.7. The van der Waals surface area contributed by atoms with Crippen molar-refractivity contribution >= 4 is 17.9 Å². The Morgan fingerprint density at radius 1 is 0.962 bits per heavy atom. The van der Waals surface area contributed by atoms with Crippen molar-refractivity contribution in [2.24, 2.45) is 0 Å². The van der Waals surface area contributed by atoms with Gasteiger partial charge in [-0.3, -0.25) is 10.1 Å². The van der Waals surface area contributed by atoms with Gasteiger partial charge in [0.2, 0.25) is 0 Å². The Morgan fingerprint density at radius 3 is 1.88 bits per heavy atom. The van der Waals surface area contributed by atoms with Crippen molar-refractivity contribution in [1.82, 2.24) is 10.6 Å².